The molecule has 0 unspecified atom stereocenters. The Bertz CT molecular complexity index is 661. The summed E-state index contributed by atoms with van der Waals surface area (Å²) in [5.41, 5.74) is 6.52. The van der Waals surface area contributed by atoms with E-state index in [4.69, 9.17) is 5.73 Å². The van der Waals surface area contributed by atoms with Gasteiger partial charge in [0.2, 0.25) is 5.91 Å². The van der Waals surface area contributed by atoms with Crippen molar-refractivity contribution in [3.05, 3.63) is 24.0 Å². The van der Waals surface area contributed by atoms with Gasteiger partial charge < -0.3 is 15.7 Å². The van der Waals surface area contributed by atoms with E-state index in [1.165, 1.54) is 4.90 Å². The summed E-state index contributed by atoms with van der Waals surface area (Å²) in [6.07, 6.45) is 4.33. The third kappa shape index (κ3) is 5.84. The monoisotopic (exact) mass is 390 g/mol. The Morgan fingerprint density at radius 2 is 1.96 bits per heavy atom. The minimum atomic E-state index is -1.05. The molecule has 1 fully saturated rings. The molecule has 156 valence electrons. The van der Waals surface area contributed by atoms with Crippen LogP contribution in [0.5, 0.6) is 0 Å². The average Bonchev–Trinajstić information content (AvgIpc) is 2.61. The van der Waals surface area contributed by atoms with Gasteiger partial charge in [-0.2, -0.15) is 0 Å². The van der Waals surface area contributed by atoms with Crippen LogP contribution in [0.3, 0.4) is 0 Å². The van der Waals surface area contributed by atoms with Gasteiger partial charge in [-0.3, -0.25) is 14.7 Å². The van der Waals surface area contributed by atoms with Crippen LogP contribution in [0, 0.1) is 5.92 Å². The maximum atomic E-state index is 13.3. The lowest BCUT2D eigenvalue weighted by Crippen LogP contribution is -2.58. The number of nitrogens with two attached hydrogens (primary N) is 1. The van der Waals surface area contributed by atoms with Crippen LogP contribution < -0.4 is 5.73 Å². The molecule has 2 amide bonds. The highest BCUT2D eigenvalue weighted by atomic mass is 16.4. The van der Waals surface area contributed by atoms with Gasteiger partial charge in [-0.05, 0) is 70.9 Å². The van der Waals surface area contributed by atoms with Gasteiger partial charge in [0.25, 0.3) is 0 Å². The minimum Gasteiger partial charge on any atom is -0.465 e. The van der Waals surface area contributed by atoms with Crippen molar-refractivity contribution in [3.8, 4) is 0 Å². The number of amides is 2. The second-order valence-corrected chi connectivity index (χ2v) is 8.82. The summed E-state index contributed by atoms with van der Waals surface area (Å²) in [4.78, 5) is 32.8. The highest BCUT2D eigenvalue weighted by molar-refractivity contribution is 5.85. The van der Waals surface area contributed by atoms with Crippen molar-refractivity contribution in [2.45, 2.75) is 71.4 Å². The Labute approximate surface area is 167 Å². The molecular weight excluding hydrogens is 356 g/mol. The smallest absolute Gasteiger partial charge is 0.408 e. The molecule has 1 aliphatic heterocycles. The molecule has 0 saturated carbocycles. The minimum absolute atomic E-state index is 0.0745. The number of aryl methyl sites for hydroxylation is 1. The fourth-order valence-electron chi connectivity index (χ4n) is 3.75. The predicted octanol–water partition coefficient (Wildman–Crippen LogP) is 3.39. The summed E-state index contributed by atoms with van der Waals surface area (Å²) < 4.78 is 0. The highest BCUT2D eigenvalue weighted by Crippen LogP contribution is 2.25. The lowest BCUT2D eigenvalue weighted by molar-refractivity contribution is -0.140. The molecule has 0 spiro atoms. The van der Waals surface area contributed by atoms with E-state index in [2.05, 4.69) is 11.9 Å². The van der Waals surface area contributed by atoms with Crippen LogP contribution in [0.25, 0.3) is 0 Å². The number of nitrogens with zero attached hydrogens (tertiary/aromatic N) is 3. The number of hydrogen-bond acceptors (Lipinski definition) is 4. The van der Waals surface area contributed by atoms with Crippen molar-refractivity contribution in [2.75, 3.05) is 18.8 Å². The molecule has 0 aliphatic carbocycles. The second kappa shape index (κ2) is 9.26. The summed E-state index contributed by atoms with van der Waals surface area (Å²) in [5.74, 6) is 0.534. The van der Waals surface area contributed by atoms with Crippen LogP contribution in [-0.2, 0) is 11.2 Å². The number of anilines is 1. The standard InChI is InChI=1S/C21H34N4O3/c1-15-10-12-24(13-11-15)19(26)18(25(20(27)28)21(2,3)4)7-5-6-17-9-8-16(22)14-23-17/h8-9,14-15,18H,5-7,10-13,22H2,1-4H3,(H,27,28)/t18-/m0/s1. The second-order valence-electron chi connectivity index (χ2n) is 8.82. The molecule has 3 N–H and O–H groups in total. The maximum absolute atomic E-state index is 13.3. The van der Waals surface area contributed by atoms with Crippen molar-refractivity contribution < 1.29 is 14.7 Å². The van der Waals surface area contributed by atoms with Crippen molar-refractivity contribution in [3.63, 3.8) is 0 Å². The number of piperidine rings is 1. The zero-order valence-electron chi connectivity index (χ0n) is 17.5. The number of likely N-dealkylation sites (tertiary alicyclic amines) is 1. The lowest BCUT2D eigenvalue weighted by atomic mass is 9.95. The van der Waals surface area contributed by atoms with Crippen LogP contribution >= 0.6 is 0 Å². The number of nitrogen functional groups attached to an aromatic ring is 1. The van der Waals surface area contributed by atoms with Crippen LogP contribution in [0.1, 0.15) is 59.1 Å². The van der Waals surface area contributed by atoms with Crippen LogP contribution in [0.2, 0.25) is 0 Å². The first-order valence-corrected chi connectivity index (χ1v) is 10.1. The zero-order valence-corrected chi connectivity index (χ0v) is 17.5. The van der Waals surface area contributed by atoms with Gasteiger partial charge in [0.05, 0.1) is 11.9 Å². The Balaban J connectivity index is 2.13. The first-order valence-electron chi connectivity index (χ1n) is 10.1. The summed E-state index contributed by atoms with van der Waals surface area (Å²) in [6, 6.07) is 3.00. The van der Waals surface area contributed by atoms with Gasteiger partial charge >= 0.3 is 6.09 Å². The molecule has 2 heterocycles. The van der Waals surface area contributed by atoms with E-state index in [9.17, 15) is 14.7 Å². The first kappa shape index (κ1) is 22.0. The van der Waals surface area contributed by atoms with Gasteiger partial charge in [-0.15, -0.1) is 0 Å². The summed E-state index contributed by atoms with van der Waals surface area (Å²) >= 11 is 0. The molecule has 7 nitrogen and oxygen atoms in total. The molecule has 1 aromatic rings. The summed E-state index contributed by atoms with van der Waals surface area (Å²) in [7, 11) is 0. The van der Waals surface area contributed by atoms with E-state index >= 15 is 0 Å². The first-order chi connectivity index (χ1) is 13.1. The molecule has 1 aromatic heterocycles. The maximum Gasteiger partial charge on any atom is 0.408 e. The fourth-order valence-corrected chi connectivity index (χ4v) is 3.75. The largest absolute Gasteiger partial charge is 0.465 e. The number of pyridine rings is 1. The van der Waals surface area contributed by atoms with Crippen molar-refractivity contribution in [1.82, 2.24) is 14.8 Å². The van der Waals surface area contributed by atoms with Crippen LogP contribution in [0.15, 0.2) is 18.3 Å². The molecule has 2 rings (SSSR count). The molecule has 1 atom stereocenters. The van der Waals surface area contributed by atoms with Gasteiger partial charge in [0.1, 0.15) is 6.04 Å². The van der Waals surface area contributed by atoms with E-state index in [1.807, 2.05) is 31.7 Å². The van der Waals surface area contributed by atoms with Gasteiger partial charge in [0, 0.05) is 24.3 Å². The topological polar surface area (TPSA) is 99.8 Å². The molecule has 1 aliphatic rings. The Hall–Kier alpha value is -2.31. The fraction of sp³-hybridized carbons (Fsp3) is 0.667. The number of carbonyl (C=O) groups excluding carboxylic acids is 1. The van der Waals surface area contributed by atoms with Crippen LogP contribution in [0.4, 0.5) is 10.5 Å². The van der Waals surface area contributed by atoms with E-state index in [-0.39, 0.29) is 5.91 Å². The molecule has 0 aromatic carbocycles. The number of carboxylic acid groups (broad SMARTS) is 1. The zero-order chi connectivity index (χ0) is 20.9. The number of carbonyl (C=O) groups is 2. The predicted molar refractivity (Wildman–Crippen MR) is 110 cm³/mol. The lowest BCUT2D eigenvalue weighted by Gasteiger charge is -2.42. The molecule has 0 radical (unpaired) electrons. The Kier molecular flexibility index (Phi) is 7.27. The quantitative estimate of drug-likeness (QED) is 0.775. The van der Waals surface area contributed by atoms with E-state index in [1.54, 1.807) is 12.3 Å². The summed E-state index contributed by atoms with van der Waals surface area (Å²) in [6.45, 7) is 9.10. The van der Waals surface area contributed by atoms with E-state index in [0.29, 0.717) is 44.0 Å². The molecule has 1 saturated heterocycles. The highest BCUT2D eigenvalue weighted by Gasteiger charge is 2.39. The third-order valence-corrected chi connectivity index (χ3v) is 5.38. The van der Waals surface area contributed by atoms with Crippen molar-refractivity contribution in [2.24, 2.45) is 5.92 Å². The number of aromatic nitrogens is 1. The number of rotatable bonds is 6. The Morgan fingerprint density at radius 1 is 1.32 bits per heavy atom. The van der Waals surface area contributed by atoms with Crippen LogP contribution in [-0.4, -0.2) is 56.6 Å². The molecule has 7 heteroatoms. The summed E-state index contributed by atoms with van der Waals surface area (Å²) in [5, 5.41) is 9.84. The SMILES string of the molecule is CC1CCN(C(=O)[C@H](CCCc2ccc(N)cn2)N(C(=O)O)C(C)(C)C)CC1. The van der Waals surface area contributed by atoms with Gasteiger partial charge in [-0.1, -0.05) is 6.92 Å². The molecule has 28 heavy (non-hydrogen) atoms. The van der Waals surface area contributed by atoms with Crippen molar-refractivity contribution >= 4 is 17.7 Å². The number of hydrogen-bond donors (Lipinski definition) is 2. The van der Waals surface area contributed by atoms with E-state index in [0.717, 1.165) is 18.5 Å². The Morgan fingerprint density at radius 3 is 2.46 bits per heavy atom. The average molecular weight is 391 g/mol. The third-order valence-electron chi connectivity index (χ3n) is 5.38. The van der Waals surface area contributed by atoms with Crippen molar-refractivity contribution in [1.29, 1.82) is 0 Å². The normalized spacial score (nSPS) is 16.6. The van der Waals surface area contributed by atoms with Gasteiger partial charge in [0.15, 0.2) is 0 Å². The molecule has 0 bridgehead atoms. The van der Waals surface area contributed by atoms with Gasteiger partial charge in [-0.25, -0.2) is 4.79 Å². The molecular formula is C21H34N4O3. The van der Waals surface area contributed by atoms with E-state index < -0.39 is 17.7 Å².